The molecule has 0 atom stereocenters. The first-order chi connectivity index (χ1) is 17.2. The van der Waals surface area contributed by atoms with Crippen LogP contribution in [0.4, 0.5) is 11.4 Å². The number of para-hydroxylation sites is 1. The second-order valence-corrected chi connectivity index (χ2v) is 12.5. The molecule has 1 aliphatic heterocycles. The van der Waals surface area contributed by atoms with E-state index in [9.17, 15) is 13.9 Å². The molecule has 0 aromatic heterocycles. The van der Waals surface area contributed by atoms with Crippen LogP contribution < -0.4 is 9.64 Å². The standard InChI is InChI=1S/C28H40BrNO5S/c1-4-7-15-28(16-8-5-2)20-30(22-12-10-9-11-13-22)24-18-23(29)25(19-26(24)36(32,33)21-28)35-17-14-27(31)34-6-3/h9-13,18-19,32-33H,4-8,14-17,20-21H2,1-3H3. The van der Waals surface area contributed by atoms with Gasteiger partial charge in [0.1, 0.15) is 5.75 Å². The van der Waals surface area contributed by atoms with Gasteiger partial charge in [-0.25, -0.2) is 0 Å². The Hall–Kier alpha value is -1.74. The number of rotatable bonds is 12. The van der Waals surface area contributed by atoms with E-state index in [1.54, 1.807) is 13.0 Å². The predicted molar refractivity (Wildman–Crippen MR) is 152 cm³/mol. The van der Waals surface area contributed by atoms with Gasteiger partial charge in [0.05, 0.1) is 34.7 Å². The van der Waals surface area contributed by atoms with Gasteiger partial charge >= 0.3 is 5.97 Å². The van der Waals surface area contributed by atoms with Gasteiger partial charge in [-0.15, -0.1) is 0 Å². The molecule has 2 aromatic carbocycles. The van der Waals surface area contributed by atoms with Crippen LogP contribution >= 0.6 is 26.5 Å². The molecule has 0 amide bonds. The Bertz CT molecular complexity index is 993. The van der Waals surface area contributed by atoms with Crippen molar-refractivity contribution >= 4 is 43.9 Å². The first-order valence-corrected chi connectivity index (χ1v) is 15.5. The molecule has 3 rings (SSSR count). The number of esters is 1. The van der Waals surface area contributed by atoms with E-state index in [2.05, 4.69) is 46.8 Å². The van der Waals surface area contributed by atoms with Crippen molar-refractivity contribution in [1.82, 2.24) is 0 Å². The average molecular weight is 583 g/mol. The molecule has 2 N–H and O–H groups in total. The third kappa shape index (κ3) is 7.18. The number of carbonyl (C=O) groups excluding carboxylic acids is 1. The molecule has 0 spiro atoms. The summed E-state index contributed by atoms with van der Waals surface area (Å²) in [5.74, 6) is 0.500. The molecule has 0 fully saturated rings. The van der Waals surface area contributed by atoms with Gasteiger partial charge in [-0.05, 0) is 53.9 Å². The minimum atomic E-state index is -3.11. The number of carbonyl (C=O) groups is 1. The highest BCUT2D eigenvalue weighted by Crippen LogP contribution is 2.62. The molecule has 0 saturated heterocycles. The van der Waals surface area contributed by atoms with Gasteiger partial charge < -0.3 is 14.4 Å². The number of unbranched alkanes of at least 4 members (excludes halogenated alkanes) is 2. The van der Waals surface area contributed by atoms with E-state index in [1.165, 1.54) is 0 Å². The molecule has 2 aromatic rings. The maximum atomic E-state index is 11.7. The van der Waals surface area contributed by atoms with Gasteiger partial charge in [0.15, 0.2) is 0 Å². The summed E-state index contributed by atoms with van der Waals surface area (Å²) < 4.78 is 34.9. The highest BCUT2D eigenvalue weighted by Gasteiger charge is 2.42. The summed E-state index contributed by atoms with van der Waals surface area (Å²) in [6.07, 6.45) is 6.24. The van der Waals surface area contributed by atoms with Gasteiger partial charge in [0.2, 0.25) is 0 Å². The smallest absolute Gasteiger partial charge is 0.309 e. The van der Waals surface area contributed by atoms with Gasteiger partial charge in [-0.2, -0.15) is 10.6 Å². The van der Waals surface area contributed by atoms with E-state index < -0.39 is 10.6 Å². The number of hydrogen-bond acceptors (Lipinski definition) is 6. The minimum Gasteiger partial charge on any atom is -0.492 e. The molecule has 8 heteroatoms. The summed E-state index contributed by atoms with van der Waals surface area (Å²) >= 11 is 3.63. The molecular formula is C28H40BrNO5S. The summed E-state index contributed by atoms with van der Waals surface area (Å²) in [5, 5.41) is 0. The summed E-state index contributed by atoms with van der Waals surface area (Å²) in [4.78, 5) is 14.5. The van der Waals surface area contributed by atoms with Crippen LogP contribution in [-0.4, -0.2) is 40.6 Å². The van der Waals surface area contributed by atoms with Crippen LogP contribution in [0.25, 0.3) is 0 Å². The van der Waals surface area contributed by atoms with Gasteiger partial charge in [0.25, 0.3) is 0 Å². The van der Waals surface area contributed by atoms with Crippen molar-refractivity contribution in [3.05, 3.63) is 46.9 Å². The fourth-order valence-corrected chi connectivity index (χ4v) is 7.56. The maximum Gasteiger partial charge on any atom is 0.309 e. The molecule has 6 nitrogen and oxygen atoms in total. The van der Waals surface area contributed by atoms with Crippen LogP contribution in [0.5, 0.6) is 5.75 Å². The second-order valence-electron chi connectivity index (χ2n) is 9.59. The number of ether oxygens (including phenoxy) is 2. The lowest BCUT2D eigenvalue weighted by Crippen LogP contribution is -2.37. The molecule has 0 radical (unpaired) electrons. The van der Waals surface area contributed by atoms with Crippen molar-refractivity contribution in [2.24, 2.45) is 5.41 Å². The molecule has 1 heterocycles. The monoisotopic (exact) mass is 581 g/mol. The summed E-state index contributed by atoms with van der Waals surface area (Å²) in [5.41, 5.74) is 1.58. The Morgan fingerprint density at radius 3 is 2.36 bits per heavy atom. The Labute approximate surface area is 225 Å². The Kier molecular flexibility index (Phi) is 10.5. The fraction of sp³-hybridized carbons (Fsp3) is 0.536. The number of anilines is 2. The molecule has 1 aliphatic rings. The van der Waals surface area contributed by atoms with Crippen LogP contribution in [0.3, 0.4) is 0 Å². The molecule has 0 unspecified atom stereocenters. The quantitative estimate of drug-likeness (QED) is 0.245. The van der Waals surface area contributed by atoms with E-state index in [4.69, 9.17) is 9.47 Å². The molecule has 0 saturated carbocycles. The molecule has 36 heavy (non-hydrogen) atoms. The van der Waals surface area contributed by atoms with E-state index in [0.717, 1.165) is 56.4 Å². The topological polar surface area (TPSA) is 79.2 Å². The van der Waals surface area contributed by atoms with Crippen molar-refractivity contribution in [3.63, 3.8) is 0 Å². The first-order valence-electron chi connectivity index (χ1n) is 13.0. The largest absolute Gasteiger partial charge is 0.492 e. The van der Waals surface area contributed by atoms with Gasteiger partial charge in [0, 0.05) is 29.5 Å². The number of fused-ring (bicyclic) bond motifs is 1. The van der Waals surface area contributed by atoms with Gasteiger partial charge in [-0.1, -0.05) is 57.7 Å². The highest BCUT2D eigenvalue weighted by molar-refractivity contribution is 9.10. The third-order valence-corrected chi connectivity index (χ3v) is 9.38. The lowest BCUT2D eigenvalue weighted by atomic mass is 9.79. The highest BCUT2D eigenvalue weighted by atomic mass is 79.9. The van der Waals surface area contributed by atoms with Gasteiger partial charge in [-0.3, -0.25) is 13.9 Å². The Morgan fingerprint density at radius 2 is 1.75 bits per heavy atom. The molecule has 0 bridgehead atoms. The van der Waals surface area contributed by atoms with Crippen LogP contribution in [-0.2, 0) is 9.53 Å². The number of nitrogens with zero attached hydrogens (tertiary/aromatic N) is 1. The summed E-state index contributed by atoms with van der Waals surface area (Å²) in [6, 6.07) is 13.8. The number of halogens is 1. The van der Waals surface area contributed by atoms with E-state index >= 15 is 0 Å². The fourth-order valence-electron chi connectivity index (χ4n) is 4.93. The SMILES string of the molecule is CCCCC1(CCCC)CN(c2ccccc2)c2cc(Br)c(OCCC(=O)OCC)cc2S(O)(O)C1. The van der Waals surface area contributed by atoms with E-state index in [1.807, 2.05) is 24.3 Å². The lowest BCUT2D eigenvalue weighted by Gasteiger charge is -2.42. The zero-order chi connectivity index (χ0) is 26.2. The average Bonchev–Trinajstić information content (AvgIpc) is 2.94. The normalized spacial score (nSPS) is 17.1. The number of benzene rings is 2. The zero-order valence-corrected chi connectivity index (χ0v) is 24.1. The van der Waals surface area contributed by atoms with Crippen LogP contribution in [0, 0.1) is 5.41 Å². The zero-order valence-electron chi connectivity index (χ0n) is 21.7. The summed E-state index contributed by atoms with van der Waals surface area (Å²) in [7, 11) is -3.11. The van der Waals surface area contributed by atoms with Crippen molar-refractivity contribution < 1.29 is 23.4 Å². The summed E-state index contributed by atoms with van der Waals surface area (Å²) in [6.45, 7) is 7.33. The van der Waals surface area contributed by atoms with Crippen molar-refractivity contribution in [2.45, 2.75) is 70.6 Å². The van der Waals surface area contributed by atoms with E-state index in [-0.39, 0.29) is 24.4 Å². The van der Waals surface area contributed by atoms with Crippen LogP contribution in [0.15, 0.2) is 51.8 Å². The first kappa shape index (κ1) is 28.8. The molecule has 200 valence electrons. The Morgan fingerprint density at radius 1 is 1.08 bits per heavy atom. The van der Waals surface area contributed by atoms with E-state index in [0.29, 0.717) is 27.5 Å². The van der Waals surface area contributed by atoms with Crippen LogP contribution in [0.2, 0.25) is 0 Å². The van der Waals surface area contributed by atoms with Crippen molar-refractivity contribution in [3.8, 4) is 5.75 Å². The maximum absolute atomic E-state index is 11.7. The molecular weight excluding hydrogens is 542 g/mol. The second kappa shape index (κ2) is 13.2. The molecule has 0 aliphatic carbocycles. The number of hydrogen-bond donors (Lipinski definition) is 2. The predicted octanol–water partition coefficient (Wildman–Crippen LogP) is 8.41. The Balaban J connectivity index is 2.06. The van der Waals surface area contributed by atoms with Crippen molar-refractivity contribution in [2.75, 3.05) is 30.4 Å². The van der Waals surface area contributed by atoms with Crippen LogP contribution in [0.1, 0.15) is 65.7 Å². The minimum absolute atomic E-state index is 0.126. The van der Waals surface area contributed by atoms with Crippen molar-refractivity contribution in [1.29, 1.82) is 0 Å². The lowest BCUT2D eigenvalue weighted by molar-refractivity contribution is -0.143. The third-order valence-electron chi connectivity index (χ3n) is 6.72.